The summed E-state index contributed by atoms with van der Waals surface area (Å²) in [7, 11) is 0. The van der Waals surface area contributed by atoms with Gasteiger partial charge in [0.25, 0.3) is 0 Å². The van der Waals surface area contributed by atoms with E-state index in [0.29, 0.717) is 0 Å². The normalized spacial score (nSPS) is 10.9. The van der Waals surface area contributed by atoms with Crippen LogP contribution in [0.2, 0.25) is 0 Å². The van der Waals surface area contributed by atoms with E-state index in [2.05, 4.69) is 30.7 Å². The molecule has 2 nitrogen and oxygen atoms in total. The third-order valence-corrected chi connectivity index (χ3v) is 2.80. The van der Waals surface area contributed by atoms with E-state index in [1.807, 2.05) is 0 Å². The molecule has 0 unspecified atom stereocenters. The zero-order valence-corrected chi connectivity index (χ0v) is 10.00. The van der Waals surface area contributed by atoms with E-state index in [9.17, 15) is 0 Å². The van der Waals surface area contributed by atoms with Crippen LogP contribution in [0, 0.1) is 0 Å². The molecule has 2 heteroatoms. The average molecular weight is 209 g/mol. The molecule has 0 atom stereocenters. The topological polar surface area (TPSA) is 25.2 Å². The molecule has 0 aliphatic heterocycles. The molecule has 0 amide bonds. The Labute approximate surface area is 92.9 Å². The molecule has 1 heterocycles. The van der Waals surface area contributed by atoms with Crippen LogP contribution >= 0.6 is 0 Å². The molecule has 0 radical (unpaired) electrons. The molecule has 0 bridgehead atoms. The first-order valence-corrected chi connectivity index (χ1v) is 6.11. The fourth-order valence-electron chi connectivity index (χ4n) is 2.01. The van der Waals surface area contributed by atoms with E-state index in [4.69, 9.17) is 5.11 Å². The summed E-state index contributed by atoms with van der Waals surface area (Å²) in [5, 5.41) is 8.99. The molecule has 1 rings (SSSR count). The Bertz CT molecular complexity index is 255. The summed E-state index contributed by atoms with van der Waals surface area (Å²) < 4.78 is 2.21. The van der Waals surface area contributed by atoms with Gasteiger partial charge in [0.2, 0.25) is 0 Å². The monoisotopic (exact) mass is 209 g/mol. The predicted molar refractivity (Wildman–Crippen MR) is 64.1 cm³/mol. The molecule has 1 aromatic heterocycles. The molecular weight excluding hydrogens is 186 g/mol. The standard InChI is InChI=1S/C13H23NO/c1-3-5-7-13-12(6-4-2)8-9-14(13)10-11-15/h8-9,15H,3-7,10-11H2,1-2H3. The molecule has 0 spiro atoms. The molecule has 0 aromatic carbocycles. The van der Waals surface area contributed by atoms with E-state index >= 15 is 0 Å². The van der Waals surface area contributed by atoms with Gasteiger partial charge in [-0.05, 0) is 30.9 Å². The highest BCUT2D eigenvalue weighted by molar-refractivity contribution is 5.23. The van der Waals surface area contributed by atoms with Gasteiger partial charge in [0.1, 0.15) is 0 Å². The first-order valence-electron chi connectivity index (χ1n) is 6.11. The largest absolute Gasteiger partial charge is 0.395 e. The molecule has 0 aliphatic rings. The summed E-state index contributed by atoms with van der Waals surface area (Å²) in [6.45, 7) is 5.41. The molecule has 1 aromatic rings. The van der Waals surface area contributed by atoms with Gasteiger partial charge in [-0.1, -0.05) is 26.7 Å². The number of aromatic nitrogens is 1. The van der Waals surface area contributed by atoms with Crippen molar-refractivity contribution >= 4 is 0 Å². The lowest BCUT2D eigenvalue weighted by Gasteiger charge is -2.09. The van der Waals surface area contributed by atoms with E-state index in [1.165, 1.54) is 30.5 Å². The molecule has 0 saturated heterocycles. The summed E-state index contributed by atoms with van der Waals surface area (Å²) in [6.07, 6.45) is 8.10. The van der Waals surface area contributed by atoms with Crippen LogP contribution in [0.3, 0.4) is 0 Å². The predicted octanol–water partition coefficient (Wildman–Crippen LogP) is 2.78. The summed E-state index contributed by atoms with van der Waals surface area (Å²) in [4.78, 5) is 0. The first kappa shape index (κ1) is 12.3. The van der Waals surface area contributed by atoms with Gasteiger partial charge in [0.15, 0.2) is 0 Å². The second kappa shape index (κ2) is 6.67. The number of rotatable bonds is 7. The zero-order valence-electron chi connectivity index (χ0n) is 10.00. The lowest BCUT2D eigenvalue weighted by Crippen LogP contribution is -2.06. The Morgan fingerprint density at radius 2 is 2.00 bits per heavy atom. The lowest BCUT2D eigenvalue weighted by atomic mass is 10.1. The molecular formula is C13H23NO. The molecule has 0 fully saturated rings. The van der Waals surface area contributed by atoms with Crippen molar-refractivity contribution < 1.29 is 5.11 Å². The van der Waals surface area contributed by atoms with Crippen molar-refractivity contribution in [1.29, 1.82) is 0 Å². The molecule has 86 valence electrons. The van der Waals surface area contributed by atoms with Crippen LogP contribution in [0.15, 0.2) is 12.3 Å². The summed E-state index contributed by atoms with van der Waals surface area (Å²) in [6, 6.07) is 2.21. The second-order valence-electron chi connectivity index (χ2n) is 4.06. The van der Waals surface area contributed by atoms with Crippen molar-refractivity contribution in [3.05, 3.63) is 23.5 Å². The number of hydrogen-bond acceptors (Lipinski definition) is 1. The molecule has 0 aliphatic carbocycles. The minimum absolute atomic E-state index is 0.235. The third-order valence-electron chi connectivity index (χ3n) is 2.80. The van der Waals surface area contributed by atoms with Gasteiger partial charge in [0, 0.05) is 18.4 Å². The third kappa shape index (κ3) is 3.38. The summed E-state index contributed by atoms with van der Waals surface area (Å²) >= 11 is 0. The minimum Gasteiger partial charge on any atom is -0.395 e. The van der Waals surface area contributed by atoms with Gasteiger partial charge in [-0.2, -0.15) is 0 Å². The van der Waals surface area contributed by atoms with Crippen molar-refractivity contribution in [3.63, 3.8) is 0 Å². The quantitative estimate of drug-likeness (QED) is 0.734. The smallest absolute Gasteiger partial charge is 0.0610 e. The van der Waals surface area contributed by atoms with Crippen LogP contribution in [0.5, 0.6) is 0 Å². The second-order valence-corrected chi connectivity index (χ2v) is 4.06. The van der Waals surface area contributed by atoms with E-state index in [1.54, 1.807) is 0 Å². The maximum atomic E-state index is 8.99. The molecule has 1 N–H and O–H groups in total. The summed E-state index contributed by atoms with van der Waals surface area (Å²) in [5.41, 5.74) is 2.91. The van der Waals surface area contributed by atoms with Gasteiger partial charge in [-0.3, -0.25) is 0 Å². The SMILES string of the molecule is CCCCc1c(CCC)ccn1CCO. The number of aliphatic hydroxyl groups excluding tert-OH is 1. The van der Waals surface area contributed by atoms with E-state index in [-0.39, 0.29) is 6.61 Å². The Morgan fingerprint density at radius 1 is 1.20 bits per heavy atom. The maximum Gasteiger partial charge on any atom is 0.0610 e. The van der Waals surface area contributed by atoms with Crippen LogP contribution in [0.4, 0.5) is 0 Å². The highest BCUT2D eigenvalue weighted by atomic mass is 16.3. The average Bonchev–Trinajstić information content (AvgIpc) is 2.60. The van der Waals surface area contributed by atoms with E-state index < -0.39 is 0 Å². The zero-order chi connectivity index (χ0) is 11.1. The van der Waals surface area contributed by atoms with Crippen LogP contribution in [0.25, 0.3) is 0 Å². The van der Waals surface area contributed by atoms with Gasteiger partial charge in [0.05, 0.1) is 6.61 Å². The number of unbranched alkanes of at least 4 members (excludes halogenated alkanes) is 1. The van der Waals surface area contributed by atoms with Crippen LogP contribution < -0.4 is 0 Å². The van der Waals surface area contributed by atoms with Gasteiger partial charge in [-0.25, -0.2) is 0 Å². The van der Waals surface area contributed by atoms with Crippen molar-refractivity contribution in [2.75, 3.05) is 6.61 Å². The van der Waals surface area contributed by atoms with Crippen molar-refractivity contribution in [1.82, 2.24) is 4.57 Å². The van der Waals surface area contributed by atoms with Crippen LogP contribution in [-0.4, -0.2) is 16.3 Å². The van der Waals surface area contributed by atoms with Gasteiger partial charge >= 0.3 is 0 Å². The van der Waals surface area contributed by atoms with Gasteiger partial charge < -0.3 is 9.67 Å². The maximum absolute atomic E-state index is 8.99. The Hall–Kier alpha value is -0.760. The highest BCUT2D eigenvalue weighted by Gasteiger charge is 2.07. The Balaban J connectivity index is 2.76. The van der Waals surface area contributed by atoms with Crippen LogP contribution in [0.1, 0.15) is 44.4 Å². The highest BCUT2D eigenvalue weighted by Crippen LogP contribution is 2.16. The Morgan fingerprint density at radius 3 is 2.60 bits per heavy atom. The lowest BCUT2D eigenvalue weighted by molar-refractivity contribution is 0.274. The Kier molecular flexibility index (Phi) is 5.48. The van der Waals surface area contributed by atoms with Crippen LogP contribution in [-0.2, 0) is 19.4 Å². The fourth-order valence-corrected chi connectivity index (χ4v) is 2.01. The van der Waals surface area contributed by atoms with Crippen molar-refractivity contribution in [2.45, 2.75) is 52.5 Å². The number of aryl methyl sites for hydroxylation is 1. The summed E-state index contributed by atoms with van der Waals surface area (Å²) in [5.74, 6) is 0. The van der Waals surface area contributed by atoms with Crippen molar-refractivity contribution in [3.8, 4) is 0 Å². The first-order chi connectivity index (χ1) is 7.33. The van der Waals surface area contributed by atoms with Crippen molar-refractivity contribution in [2.24, 2.45) is 0 Å². The molecule has 15 heavy (non-hydrogen) atoms. The van der Waals surface area contributed by atoms with E-state index in [0.717, 1.165) is 19.4 Å². The molecule has 0 saturated carbocycles. The minimum atomic E-state index is 0.235. The number of nitrogens with zero attached hydrogens (tertiary/aromatic N) is 1. The van der Waals surface area contributed by atoms with Gasteiger partial charge in [-0.15, -0.1) is 0 Å². The fraction of sp³-hybridized carbons (Fsp3) is 0.692. The number of hydrogen-bond donors (Lipinski definition) is 1. The number of aliphatic hydroxyl groups is 1.